The summed E-state index contributed by atoms with van der Waals surface area (Å²) >= 11 is 12.0. The summed E-state index contributed by atoms with van der Waals surface area (Å²) in [4.78, 5) is 29.2. The van der Waals surface area contributed by atoms with Gasteiger partial charge in [-0.2, -0.15) is 0 Å². The third kappa shape index (κ3) is 5.85. The molecule has 3 rings (SSSR count). The van der Waals surface area contributed by atoms with E-state index in [9.17, 15) is 9.59 Å². The Kier molecular flexibility index (Phi) is 7.87. The van der Waals surface area contributed by atoms with E-state index < -0.39 is 12.2 Å². The van der Waals surface area contributed by atoms with E-state index in [0.29, 0.717) is 39.5 Å². The molecule has 2 unspecified atom stereocenters. The van der Waals surface area contributed by atoms with Crippen LogP contribution in [-0.4, -0.2) is 56.1 Å². The minimum absolute atomic E-state index is 0.103. The molecule has 172 valence electrons. The largest absolute Gasteiger partial charge is 0.479 e. The average molecular weight is 480 g/mol. The van der Waals surface area contributed by atoms with E-state index in [0.717, 1.165) is 13.0 Å². The number of carbonyl (C=O) groups excluding carboxylic acids is 2. The lowest BCUT2D eigenvalue weighted by Gasteiger charge is -2.33. The summed E-state index contributed by atoms with van der Waals surface area (Å²) in [6, 6.07) is 10.0. The molecule has 2 aromatic rings. The maximum Gasteiger partial charge on any atom is 0.267 e. The Labute approximate surface area is 198 Å². The molecular weight excluding hydrogens is 453 g/mol. The number of nitrogens with one attached hydrogen (secondary N) is 1. The smallest absolute Gasteiger partial charge is 0.267 e. The molecule has 1 aliphatic rings. The van der Waals surface area contributed by atoms with Crippen LogP contribution in [-0.2, 0) is 9.59 Å². The van der Waals surface area contributed by atoms with Crippen molar-refractivity contribution in [2.75, 3.05) is 37.4 Å². The van der Waals surface area contributed by atoms with Gasteiger partial charge < -0.3 is 24.6 Å². The SMILES string of the molecule is CC(Oc1ccc(Cl)cc1Cl)C(=O)Nc1ccc2c(c1)N(CCCN(C)C)C(=O)C(C)O2. The number of halogens is 2. The van der Waals surface area contributed by atoms with Gasteiger partial charge in [0, 0.05) is 17.3 Å². The summed E-state index contributed by atoms with van der Waals surface area (Å²) in [6.45, 7) is 4.78. The minimum atomic E-state index is -0.807. The van der Waals surface area contributed by atoms with Crippen LogP contribution in [0.1, 0.15) is 20.3 Å². The molecule has 1 aliphatic heterocycles. The van der Waals surface area contributed by atoms with Crippen molar-refractivity contribution < 1.29 is 19.1 Å². The highest BCUT2D eigenvalue weighted by atomic mass is 35.5. The summed E-state index contributed by atoms with van der Waals surface area (Å²) in [7, 11) is 3.98. The third-order valence-electron chi connectivity index (χ3n) is 4.99. The third-order valence-corrected chi connectivity index (χ3v) is 5.52. The van der Waals surface area contributed by atoms with Gasteiger partial charge in [0.2, 0.25) is 0 Å². The molecule has 1 N–H and O–H groups in total. The molecule has 0 bridgehead atoms. The van der Waals surface area contributed by atoms with E-state index in [1.54, 1.807) is 55.1 Å². The van der Waals surface area contributed by atoms with Gasteiger partial charge in [-0.15, -0.1) is 0 Å². The first kappa shape index (κ1) is 24.2. The van der Waals surface area contributed by atoms with Crippen molar-refractivity contribution in [3.63, 3.8) is 0 Å². The second-order valence-corrected chi connectivity index (χ2v) is 8.76. The van der Waals surface area contributed by atoms with Crippen molar-refractivity contribution in [1.82, 2.24) is 4.90 Å². The highest BCUT2D eigenvalue weighted by Gasteiger charge is 2.31. The van der Waals surface area contributed by atoms with Gasteiger partial charge >= 0.3 is 0 Å². The molecule has 7 nitrogen and oxygen atoms in total. The zero-order valence-corrected chi connectivity index (χ0v) is 20.0. The first-order valence-electron chi connectivity index (χ1n) is 10.3. The number of benzene rings is 2. The first-order chi connectivity index (χ1) is 15.2. The van der Waals surface area contributed by atoms with Gasteiger partial charge in [-0.3, -0.25) is 9.59 Å². The molecule has 0 fully saturated rings. The molecule has 0 aliphatic carbocycles. The summed E-state index contributed by atoms with van der Waals surface area (Å²) in [5.41, 5.74) is 1.17. The highest BCUT2D eigenvalue weighted by Crippen LogP contribution is 2.36. The quantitative estimate of drug-likeness (QED) is 0.604. The lowest BCUT2D eigenvalue weighted by molar-refractivity contribution is -0.125. The van der Waals surface area contributed by atoms with Crippen molar-refractivity contribution in [2.24, 2.45) is 0 Å². The van der Waals surface area contributed by atoms with Crippen molar-refractivity contribution in [3.8, 4) is 11.5 Å². The van der Waals surface area contributed by atoms with Gasteiger partial charge in [0.25, 0.3) is 11.8 Å². The minimum Gasteiger partial charge on any atom is -0.479 e. The molecule has 2 amide bonds. The van der Waals surface area contributed by atoms with Crippen LogP contribution in [0.2, 0.25) is 10.0 Å². The van der Waals surface area contributed by atoms with Gasteiger partial charge in [0.1, 0.15) is 11.5 Å². The van der Waals surface area contributed by atoms with Crippen LogP contribution in [0.4, 0.5) is 11.4 Å². The predicted molar refractivity (Wildman–Crippen MR) is 127 cm³/mol. The molecule has 2 aromatic carbocycles. The summed E-state index contributed by atoms with van der Waals surface area (Å²) in [5.74, 6) is 0.516. The van der Waals surface area contributed by atoms with E-state index in [-0.39, 0.29) is 11.8 Å². The van der Waals surface area contributed by atoms with Crippen molar-refractivity contribution >= 4 is 46.4 Å². The van der Waals surface area contributed by atoms with Crippen LogP contribution in [0.25, 0.3) is 0 Å². The van der Waals surface area contributed by atoms with E-state index in [1.165, 1.54) is 0 Å². The topological polar surface area (TPSA) is 71.1 Å². The molecule has 1 heterocycles. The Hall–Kier alpha value is -2.48. The number of nitrogens with zero attached hydrogens (tertiary/aromatic N) is 2. The number of rotatable bonds is 8. The second-order valence-electron chi connectivity index (χ2n) is 7.91. The summed E-state index contributed by atoms with van der Waals surface area (Å²) < 4.78 is 11.4. The Morgan fingerprint density at radius 1 is 1.25 bits per heavy atom. The van der Waals surface area contributed by atoms with Crippen LogP contribution in [0, 0.1) is 0 Å². The first-order valence-corrected chi connectivity index (χ1v) is 11.1. The number of carbonyl (C=O) groups is 2. The van der Waals surface area contributed by atoms with Crippen LogP contribution in [0.5, 0.6) is 11.5 Å². The maximum absolute atomic E-state index is 12.7. The zero-order valence-electron chi connectivity index (χ0n) is 18.5. The Morgan fingerprint density at radius 2 is 2.00 bits per heavy atom. The normalized spacial score (nSPS) is 16.4. The van der Waals surface area contributed by atoms with Gasteiger partial charge in [0.15, 0.2) is 12.2 Å². The number of anilines is 2. The second kappa shape index (κ2) is 10.4. The van der Waals surface area contributed by atoms with Crippen LogP contribution in [0.15, 0.2) is 36.4 Å². The van der Waals surface area contributed by atoms with E-state index in [2.05, 4.69) is 10.2 Å². The monoisotopic (exact) mass is 479 g/mol. The fourth-order valence-corrected chi connectivity index (χ4v) is 3.77. The summed E-state index contributed by atoms with van der Waals surface area (Å²) in [5, 5.41) is 3.63. The molecule has 0 radical (unpaired) electrons. The molecule has 9 heteroatoms. The Bertz CT molecular complexity index is 999. The number of amides is 2. The van der Waals surface area contributed by atoms with Crippen LogP contribution in [0.3, 0.4) is 0 Å². The van der Waals surface area contributed by atoms with Crippen LogP contribution < -0.4 is 19.7 Å². The van der Waals surface area contributed by atoms with Crippen LogP contribution >= 0.6 is 23.2 Å². The average Bonchev–Trinajstić information content (AvgIpc) is 2.73. The standard InChI is InChI=1S/C23H27Cl2N3O4/c1-14(31-20-8-6-16(24)12-18(20)25)22(29)26-17-7-9-21-19(13-17)28(11-5-10-27(3)4)23(30)15(2)32-21/h6-9,12-15H,5,10-11H2,1-4H3,(H,26,29). The zero-order chi connectivity index (χ0) is 23.4. The lowest BCUT2D eigenvalue weighted by Crippen LogP contribution is -2.45. The van der Waals surface area contributed by atoms with Gasteiger partial charge in [0.05, 0.1) is 10.7 Å². The van der Waals surface area contributed by atoms with Gasteiger partial charge in [-0.1, -0.05) is 23.2 Å². The Balaban J connectivity index is 1.73. The van der Waals surface area contributed by atoms with Crippen molar-refractivity contribution in [2.45, 2.75) is 32.5 Å². The fourth-order valence-electron chi connectivity index (χ4n) is 3.32. The number of fused-ring (bicyclic) bond motifs is 1. The number of ether oxygens (including phenoxy) is 2. The summed E-state index contributed by atoms with van der Waals surface area (Å²) in [6.07, 6.45) is -0.549. The molecule has 0 saturated heterocycles. The molecule has 2 atom stereocenters. The van der Waals surface area contributed by atoms with E-state index in [1.807, 2.05) is 14.1 Å². The molecular formula is C23H27Cl2N3O4. The maximum atomic E-state index is 12.7. The fraction of sp³-hybridized carbons (Fsp3) is 0.391. The number of hydrogen-bond acceptors (Lipinski definition) is 5. The van der Waals surface area contributed by atoms with Gasteiger partial charge in [-0.05, 0) is 77.3 Å². The van der Waals surface area contributed by atoms with Crippen molar-refractivity contribution in [1.29, 1.82) is 0 Å². The van der Waals surface area contributed by atoms with Gasteiger partial charge in [-0.25, -0.2) is 0 Å². The molecule has 0 spiro atoms. The highest BCUT2D eigenvalue weighted by molar-refractivity contribution is 6.35. The molecule has 0 saturated carbocycles. The molecule has 0 aromatic heterocycles. The van der Waals surface area contributed by atoms with E-state index >= 15 is 0 Å². The number of hydrogen-bond donors (Lipinski definition) is 1. The molecule has 32 heavy (non-hydrogen) atoms. The predicted octanol–water partition coefficient (Wildman–Crippen LogP) is 4.47. The van der Waals surface area contributed by atoms with Crippen molar-refractivity contribution in [3.05, 3.63) is 46.4 Å². The Morgan fingerprint density at radius 3 is 2.69 bits per heavy atom. The lowest BCUT2D eigenvalue weighted by atomic mass is 10.1. The van der Waals surface area contributed by atoms with E-state index in [4.69, 9.17) is 32.7 Å².